The minimum atomic E-state index is -0.272. The van der Waals surface area contributed by atoms with E-state index < -0.39 is 0 Å². The first kappa shape index (κ1) is 22.9. The van der Waals surface area contributed by atoms with E-state index in [2.05, 4.69) is 22.0 Å². The van der Waals surface area contributed by atoms with E-state index in [0.717, 1.165) is 22.4 Å². The highest BCUT2D eigenvalue weighted by molar-refractivity contribution is 5.87. The SMILES string of the molecule is COc1ccc([C@@H]2/C=C\CN(Cc3ccncc3)[C@@H](C)C(=O)[C@H]2Cc2ccc(F)cc2)cc1. The molecule has 0 radical (unpaired) electrons. The lowest BCUT2D eigenvalue weighted by Gasteiger charge is -2.35. The van der Waals surface area contributed by atoms with E-state index >= 15 is 0 Å². The maximum absolute atomic E-state index is 13.9. The summed E-state index contributed by atoms with van der Waals surface area (Å²) >= 11 is 0. The van der Waals surface area contributed by atoms with E-state index in [0.29, 0.717) is 19.5 Å². The van der Waals surface area contributed by atoms with Gasteiger partial charge in [0.1, 0.15) is 11.6 Å². The highest BCUT2D eigenvalue weighted by Crippen LogP contribution is 2.34. The average molecular weight is 445 g/mol. The Bertz CT molecular complexity index is 1080. The van der Waals surface area contributed by atoms with Crippen molar-refractivity contribution in [3.8, 4) is 5.75 Å². The van der Waals surface area contributed by atoms with Gasteiger partial charge >= 0.3 is 0 Å². The number of aromatic nitrogens is 1. The standard InChI is InChI=1S/C28H29FN2O2/c1-20-28(32)27(18-21-5-9-24(29)10-6-21)26(23-7-11-25(33-2)12-8-23)4-3-17-31(20)19-22-13-15-30-16-14-22/h3-16,20,26-27H,17-19H2,1-2H3/b4-3-/t20-,26-,27-/m0/s1. The molecule has 0 amide bonds. The lowest BCUT2D eigenvalue weighted by atomic mass is 9.76. The first-order valence-corrected chi connectivity index (χ1v) is 11.3. The van der Waals surface area contributed by atoms with Crippen LogP contribution in [0.1, 0.15) is 29.5 Å². The number of carbonyl (C=O) groups is 1. The van der Waals surface area contributed by atoms with E-state index in [4.69, 9.17) is 4.74 Å². The molecule has 0 bridgehead atoms. The molecule has 2 heterocycles. The smallest absolute Gasteiger partial charge is 0.154 e. The van der Waals surface area contributed by atoms with Crippen LogP contribution in [-0.2, 0) is 17.8 Å². The minimum Gasteiger partial charge on any atom is -0.497 e. The van der Waals surface area contributed by atoms with Crippen molar-refractivity contribution >= 4 is 5.78 Å². The molecule has 0 N–H and O–H groups in total. The number of hydrogen-bond acceptors (Lipinski definition) is 4. The zero-order chi connectivity index (χ0) is 23.2. The molecule has 0 aliphatic carbocycles. The Kier molecular flexibility index (Phi) is 7.30. The molecule has 3 aromatic rings. The van der Waals surface area contributed by atoms with E-state index in [9.17, 15) is 9.18 Å². The maximum Gasteiger partial charge on any atom is 0.154 e. The van der Waals surface area contributed by atoms with Gasteiger partial charge in [-0.25, -0.2) is 4.39 Å². The van der Waals surface area contributed by atoms with Crippen molar-refractivity contribution in [2.24, 2.45) is 5.92 Å². The summed E-state index contributed by atoms with van der Waals surface area (Å²) in [6.07, 6.45) is 8.42. The largest absolute Gasteiger partial charge is 0.497 e. The predicted octanol–water partition coefficient (Wildman–Crippen LogP) is 5.20. The van der Waals surface area contributed by atoms with Crippen LogP contribution in [0, 0.1) is 11.7 Å². The van der Waals surface area contributed by atoms with Crippen LogP contribution < -0.4 is 4.74 Å². The number of hydrogen-bond donors (Lipinski definition) is 0. The number of nitrogens with zero attached hydrogens (tertiary/aromatic N) is 2. The number of halogens is 1. The average Bonchev–Trinajstić information content (AvgIpc) is 2.85. The number of pyridine rings is 1. The third kappa shape index (κ3) is 5.55. The molecule has 0 fully saturated rings. The number of benzene rings is 2. The van der Waals surface area contributed by atoms with Gasteiger partial charge in [-0.3, -0.25) is 14.7 Å². The topological polar surface area (TPSA) is 42.4 Å². The first-order valence-electron chi connectivity index (χ1n) is 11.3. The van der Waals surface area contributed by atoms with E-state index in [-0.39, 0.29) is 29.5 Å². The lowest BCUT2D eigenvalue weighted by Crippen LogP contribution is -2.44. The number of allylic oxidation sites excluding steroid dienone is 1. The van der Waals surface area contributed by atoms with Crippen molar-refractivity contribution < 1.29 is 13.9 Å². The van der Waals surface area contributed by atoms with Crippen LogP contribution in [-0.4, -0.2) is 35.4 Å². The van der Waals surface area contributed by atoms with Gasteiger partial charge in [-0.05, 0) is 66.4 Å². The summed E-state index contributed by atoms with van der Waals surface area (Å²) in [7, 11) is 1.64. The summed E-state index contributed by atoms with van der Waals surface area (Å²) in [4.78, 5) is 20.2. The maximum atomic E-state index is 13.9. The molecule has 4 nitrogen and oxygen atoms in total. The highest BCUT2D eigenvalue weighted by Gasteiger charge is 2.35. The molecule has 1 aromatic heterocycles. The Morgan fingerprint density at radius 3 is 2.36 bits per heavy atom. The second kappa shape index (κ2) is 10.5. The fourth-order valence-corrected chi connectivity index (χ4v) is 4.50. The van der Waals surface area contributed by atoms with Gasteiger partial charge in [0.2, 0.25) is 0 Å². The van der Waals surface area contributed by atoms with Crippen LogP contribution >= 0.6 is 0 Å². The Morgan fingerprint density at radius 2 is 1.70 bits per heavy atom. The van der Waals surface area contributed by atoms with E-state index in [1.54, 1.807) is 31.6 Å². The Labute approximate surface area is 194 Å². The number of ether oxygens (including phenoxy) is 1. The molecule has 4 rings (SSSR count). The van der Waals surface area contributed by atoms with Gasteiger partial charge in [0, 0.05) is 37.3 Å². The fourth-order valence-electron chi connectivity index (χ4n) is 4.50. The molecule has 1 aliphatic rings. The van der Waals surface area contributed by atoms with Gasteiger partial charge in [-0.15, -0.1) is 0 Å². The molecule has 0 saturated carbocycles. The zero-order valence-corrected chi connectivity index (χ0v) is 19.0. The van der Waals surface area contributed by atoms with Gasteiger partial charge in [-0.1, -0.05) is 36.4 Å². The first-order chi connectivity index (χ1) is 16.0. The molecule has 2 aromatic carbocycles. The molecule has 0 spiro atoms. The Hall–Kier alpha value is -3.31. The van der Waals surface area contributed by atoms with Gasteiger partial charge in [0.05, 0.1) is 13.2 Å². The van der Waals surface area contributed by atoms with Crippen LogP contribution in [0.25, 0.3) is 0 Å². The summed E-state index contributed by atoms with van der Waals surface area (Å²) < 4.78 is 18.8. The van der Waals surface area contributed by atoms with Crippen molar-refractivity contribution in [2.75, 3.05) is 13.7 Å². The summed E-state index contributed by atoms with van der Waals surface area (Å²) in [5, 5.41) is 0. The molecule has 33 heavy (non-hydrogen) atoms. The number of carbonyl (C=O) groups excluding carboxylic acids is 1. The number of rotatable bonds is 6. The van der Waals surface area contributed by atoms with Crippen molar-refractivity contribution in [1.29, 1.82) is 0 Å². The summed E-state index contributed by atoms with van der Waals surface area (Å²) in [5.41, 5.74) is 3.15. The number of Topliss-reactive ketones (excluding diaryl/α,β-unsaturated/α-hetero) is 1. The van der Waals surface area contributed by atoms with E-state index in [1.807, 2.05) is 43.3 Å². The summed E-state index contributed by atoms with van der Waals surface area (Å²) in [6.45, 7) is 3.35. The second-order valence-electron chi connectivity index (χ2n) is 8.53. The van der Waals surface area contributed by atoms with Gasteiger partial charge in [-0.2, -0.15) is 0 Å². The number of ketones is 1. The van der Waals surface area contributed by atoms with Crippen LogP contribution in [0.15, 0.2) is 85.2 Å². The van der Waals surface area contributed by atoms with Crippen molar-refractivity contribution in [1.82, 2.24) is 9.88 Å². The van der Waals surface area contributed by atoms with E-state index in [1.165, 1.54) is 12.1 Å². The van der Waals surface area contributed by atoms with Crippen LogP contribution in [0.5, 0.6) is 5.75 Å². The monoisotopic (exact) mass is 444 g/mol. The predicted molar refractivity (Wildman–Crippen MR) is 128 cm³/mol. The Morgan fingerprint density at radius 1 is 1.00 bits per heavy atom. The molecule has 0 saturated heterocycles. The third-order valence-electron chi connectivity index (χ3n) is 6.45. The van der Waals surface area contributed by atoms with Gasteiger partial charge in [0.15, 0.2) is 5.78 Å². The van der Waals surface area contributed by atoms with Crippen molar-refractivity contribution in [3.05, 3.63) is 108 Å². The van der Waals surface area contributed by atoms with Crippen molar-refractivity contribution in [2.45, 2.75) is 31.8 Å². The molecule has 3 atom stereocenters. The highest BCUT2D eigenvalue weighted by atomic mass is 19.1. The van der Waals surface area contributed by atoms with Crippen molar-refractivity contribution in [3.63, 3.8) is 0 Å². The second-order valence-corrected chi connectivity index (χ2v) is 8.53. The summed E-state index contributed by atoms with van der Waals surface area (Å²) in [5.74, 6) is 0.367. The minimum absolute atomic E-state index is 0.0704. The molecular formula is C28H29FN2O2. The third-order valence-corrected chi connectivity index (χ3v) is 6.45. The van der Waals surface area contributed by atoms with Crippen LogP contribution in [0.4, 0.5) is 4.39 Å². The fraction of sp³-hybridized carbons (Fsp3) is 0.286. The Balaban J connectivity index is 1.67. The zero-order valence-electron chi connectivity index (χ0n) is 19.0. The molecule has 5 heteroatoms. The van der Waals surface area contributed by atoms with Gasteiger partial charge in [0.25, 0.3) is 0 Å². The van der Waals surface area contributed by atoms with Gasteiger partial charge < -0.3 is 4.74 Å². The lowest BCUT2D eigenvalue weighted by molar-refractivity contribution is -0.128. The van der Waals surface area contributed by atoms with Crippen LogP contribution in [0.3, 0.4) is 0 Å². The quantitative estimate of drug-likeness (QED) is 0.490. The molecular weight excluding hydrogens is 415 g/mol. The van der Waals surface area contributed by atoms with Crippen LogP contribution in [0.2, 0.25) is 0 Å². The normalized spacial score (nSPS) is 22.4. The number of methoxy groups -OCH3 is 1. The molecule has 0 unspecified atom stereocenters. The molecule has 1 aliphatic heterocycles. The molecule has 170 valence electrons. The summed E-state index contributed by atoms with van der Waals surface area (Å²) in [6, 6.07) is 18.1.